The summed E-state index contributed by atoms with van der Waals surface area (Å²) in [4.78, 5) is 37.7. The van der Waals surface area contributed by atoms with Crippen LogP contribution in [0.15, 0.2) is 12.2 Å². The van der Waals surface area contributed by atoms with Gasteiger partial charge in [0.15, 0.2) is 0 Å². The predicted octanol–water partition coefficient (Wildman–Crippen LogP) is 18.8. The van der Waals surface area contributed by atoms with Crippen molar-refractivity contribution in [1.82, 2.24) is 5.32 Å². The lowest BCUT2D eigenvalue weighted by Crippen LogP contribution is -2.47. The lowest BCUT2D eigenvalue weighted by molar-refractivity contribution is -0.870. The summed E-state index contributed by atoms with van der Waals surface area (Å²) >= 11 is 0. The SMILES string of the molecule is CCCCCCCCCCCC/C=C/C(OC(=O)CCCCCCCCCCCCCCCC)C(COP(=O)(O)OCC[N+](C)(C)C)NC(=O)CCCCCCCCCCCCCCCCCCCCC. The van der Waals surface area contributed by atoms with E-state index in [1.807, 2.05) is 33.3 Å². The van der Waals surface area contributed by atoms with Gasteiger partial charge in [-0.2, -0.15) is 0 Å². The first kappa shape index (κ1) is 69.8. The summed E-state index contributed by atoms with van der Waals surface area (Å²) in [6.45, 7) is 7.06. The number of ether oxygens (including phenoxy) is 1. The van der Waals surface area contributed by atoms with Crippen molar-refractivity contribution < 1.29 is 37.3 Å². The zero-order valence-corrected chi connectivity index (χ0v) is 49.1. The molecule has 0 spiro atoms. The van der Waals surface area contributed by atoms with E-state index in [0.29, 0.717) is 23.9 Å². The number of nitrogens with one attached hydrogen (secondary N) is 1. The molecule has 2 N–H and O–H groups in total. The summed E-state index contributed by atoms with van der Waals surface area (Å²) in [7, 11) is 1.52. The van der Waals surface area contributed by atoms with Gasteiger partial charge in [0, 0.05) is 12.8 Å². The maximum absolute atomic E-state index is 13.5. The fourth-order valence-corrected chi connectivity index (χ4v) is 10.1. The van der Waals surface area contributed by atoms with E-state index in [-0.39, 0.29) is 25.1 Å². The average molecular weight is 1030 g/mol. The number of carbonyl (C=O) groups excluding carboxylic acids is 2. The number of nitrogens with zero attached hydrogens (tertiary/aromatic N) is 1. The number of quaternary nitrogens is 1. The Balaban J connectivity index is 5.20. The van der Waals surface area contributed by atoms with Gasteiger partial charge in [-0.1, -0.05) is 284 Å². The maximum atomic E-state index is 13.5. The molecule has 3 atom stereocenters. The second kappa shape index (κ2) is 52.2. The van der Waals surface area contributed by atoms with Crippen LogP contribution in [-0.2, 0) is 27.9 Å². The Hall–Kier alpha value is -1.25. The Morgan fingerprint density at radius 3 is 1.15 bits per heavy atom. The Labute approximate surface area is 441 Å². The van der Waals surface area contributed by atoms with Gasteiger partial charge in [0.1, 0.15) is 19.3 Å². The monoisotopic (exact) mass is 1030 g/mol. The summed E-state index contributed by atoms with van der Waals surface area (Å²) in [5, 5.41) is 3.06. The number of phosphoric ester groups is 1. The Morgan fingerprint density at radius 1 is 0.479 bits per heavy atom. The molecule has 0 aromatic heterocycles. The van der Waals surface area contributed by atoms with Crippen LogP contribution in [0.3, 0.4) is 0 Å². The minimum atomic E-state index is -4.44. The van der Waals surface area contributed by atoms with E-state index in [4.69, 9.17) is 13.8 Å². The summed E-state index contributed by atoms with van der Waals surface area (Å²) in [5.41, 5.74) is 0. The number of likely N-dealkylation sites (N-methyl/N-ethyl adjacent to an activating group) is 1. The minimum Gasteiger partial charge on any atom is -0.456 e. The van der Waals surface area contributed by atoms with Gasteiger partial charge in [-0.25, -0.2) is 4.57 Å². The summed E-state index contributed by atoms with van der Waals surface area (Å²) < 4.78 is 30.7. The smallest absolute Gasteiger partial charge is 0.456 e. The molecule has 9 nitrogen and oxygen atoms in total. The molecule has 0 saturated carbocycles. The van der Waals surface area contributed by atoms with Crippen molar-refractivity contribution in [3.63, 3.8) is 0 Å². The molecule has 422 valence electrons. The molecule has 0 fully saturated rings. The topological polar surface area (TPSA) is 111 Å². The Morgan fingerprint density at radius 2 is 0.803 bits per heavy atom. The van der Waals surface area contributed by atoms with Crippen LogP contribution in [0, 0.1) is 0 Å². The number of unbranched alkanes of at least 4 members (excludes halogenated alkanes) is 41. The van der Waals surface area contributed by atoms with Crippen molar-refractivity contribution in [2.24, 2.45) is 0 Å². The van der Waals surface area contributed by atoms with Crippen LogP contribution in [0.5, 0.6) is 0 Å². The molecule has 0 aromatic carbocycles. The van der Waals surface area contributed by atoms with Crippen molar-refractivity contribution in [3.05, 3.63) is 12.2 Å². The van der Waals surface area contributed by atoms with Crippen molar-refractivity contribution in [2.75, 3.05) is 40.9 Å². The van der Waals surface area contributed by atoms with E-state index in [0.717, 1.165) is 57.8 Å². The van der Waals surface area contributed by atoms with Gasteiger partial charge in [-0.15, -0.1) is 0 Å². The van der Waals surface area contributed by atoms with Crippen LogP contribution in [0.4, 0.5) is 0 Å². The molecule has 71 heavy (non-hydrogen) atoms. The Bertz CT molecular complexity index is 1230. The van der Waals surface area contributed by atoms with Crippen LogP contribution in [0.25, 0.3) is 0 Å². The normalized spacial score (nSPS) is 13.7. The van der Waals surface area contributed by atoms with Gasteiger partial charge in [0.2, 0.25) is 5.91 Å². The molecule has 10 heteroatoms. The van der Waals surface area contributed by atoms with Crippen molar-refractivity contribution in [3.8, 4) is 0 Å². The molecule has 0 heterocycles. The Kier molecular flexibility index (Phi) is 51.3. The first-order chi connectivity index (χ1) is 34.4. The van der Waals surface area contributed by atoms with Crippen LogP contribution in [-0.4, -0.2) is 74.3 Å². The number of rotatable bonds is 57. The third kappa shape index (κ3) is 53.4. The van der Waals surface area contributed by atoms with Crippen molar-refractivity contribution in [2.45, 2.75) is 328 Å². The van der Waals surface area contributed by atoms with E-state index in [1.54, 1.807) is 0 Å². The minimum absolute atomic E-state index is 0.0457. The van der Waals surface area contributed by atoms with Gasteiger partial charge in [-0.05, 0) is 31.8 Å². The van der Waals surface area contributed by atoms with E-state index in [1.165, 1.54) is 225 Å². The highest BCUT2D eigenvalue weighted by atomic mass is 31.2. The molecule has 0 saturated heterocycles. The molecule has 1 amide bonds. The maximum Gasteiger partial charge on any atom is 0.472 e. The number of carbonyl (C=O) groups is 2. The van der Waals surface area contributed by atoms with Crippen LogP contribution < -0.4 is 5.32 Å². The molecular formula is C61H122N2O7P+. The van der Waals surface area contributed by atoms with E-state index in [2.05, 4.69) is 26.1 Å². The first-order valence-electron chi connectivity index (χ1n) is 31.0. The second-order valence-corrected chi connectivity index (χ2v) is 24.1. The lowest BCUT2D eigenvalue weighted by atomic mass is 10.0. The molecule has 0 aromatic rings. The standard InChI is InChI=1S/C61H121N2O7P/c1-7-10-13-16-19-22-25-28-30-31-32-33-34-35-38-41-44-47-50-53-60(64)62-58(57-69-71(66,67)68-56-55-63(4,5)6)59(52-49-46-43-40-37-27-24-21-18-15-12-9-3)70-61(65)54-51-48-45-42-39-36-29-26-23-20-17-14-11-8-2/h49,52,58-59H,7-48,50-51,53-57H2,1-6H3,(H-,62,64,66,67)/p+1/b52-49+. The average Bonchev–Trinajstić information content (AvgIpc) is 3.33. The number of amides is 1. The highest BCUT2D eigenvalue weighted by Crippen LogP contribution is 2.43. The van der Waals surface area contributed by atoms with Gasteiger partial charge in [0.25, 0.3) is 0 Å². The van der Waals surface area contributed by atoms with E-state index < -0.39 is 20.0 Å². The van der Waals surface area contributed by atoms with Gasteiger partial charge in [-0.3, -0.25) is 18.6 Å². The molecule has 0 bridgehead atoms. The summed E-state index contributed by atoms with van der Waals surface area (Å²) in [5.74, 6) is -0.484. The van der Waals surface area contributed by atoms with Gasteiger partial charge >= 0.3 is 13.8 Å². The highest BCUT2D eigenvalue weighted by molar-refractivity contribution is 7.47. The number of hydrogen-bond acceptors (Lipinski definition) is 6. The zero-order chi connectivity index (χ0) is 52.2. The fourth-order valence-electron chi connectivity index (χ4n) is 9.41. The predicted molar refractivity (Wildman–Crippen MR) is 305 cm³/mol. The van der Waals surface area contributed by atoms with Gasteiger partial charge < -0.3 is 19.4 Å². The molecule has 3 unspecified atom stereocenters. The number of hydrogen-bond donors (Lipinski definition) is 2. The quantitative estimate of drug-likeness (QED) is 0.0205. The molecule has 0 aliphatic heterocycles. The largest absolute Gasteiger partial charge is 0.472 e. The van der Waals surface area contributed by atoms with Crippen molar-refractivity contribution >= 4 is 19.7 Å². The number of phosphoric acid groups is 1. The van der Waals surface area contributed by atoms with Crippen LogP contribution >= 0.6 is 7.82 Å². The highest BCUT2D eigenvalue weighted by Gasteiger charge is 2.30. The zero-order valence-electron chi connectivity index (χ0n) is 48.2. The first-order valence-corrected chi connectivity index (χ1v) is 32.5. The molecular weight excluding hydrogens is 904 g/mol. The van der Waals surface area contributed by atoms with Crippen LogP contribution in [0.1, 0.15) is 316 Å². The molecule has 0 rings (SSSR count). The van der Waals surface area contributed by atoms with Crippen LogP contribution in [0.2, 0.25) is 0 Å². The molecule has 0 radical (unpaired) electrons. The summed E-state index contributed by atoms with van der Waals surface area (Å²) in [6, 6.07) is -0.838. The number of esters is 1. The third-order valence-electron chi connectivity index (χ3n) is 14.2. The molecule has 0 aliphatic rings. The van der Waals surface area contributed by atoms with Gasteiger partial charge in [0.05, 0.1) is 33.8 Å². The lowest BCUT2D eigenvalue weighted by Gasteiger charge is -2.27. The van der Waals surface area contributed by atoms with E-state index >= 15 is 0 Å². The second-order valence-electron chi connectivity index (χ2n) is 22.6. The third-order valence-corrected chi connectivity index (χ3v) is 15.2. The fraction of sp³-hybridized carbons (Fsp3) is 0.934. The number of allylic oxidation sites excluding steroid dienone is 1. The summed E-state index contributed by atoms with van der Waals surface area (Å²) in [6.07, 6.45) is 59.1. The van der Waals surface area contributed by atoms with Crippen molar-refractivity contribution in [1.29, 1.82) is 0 Å². The molecule has 0 aliphatic carbocycles. The van der Waals surface area contributed by atoms with E-state index in [9.17, 15) is 19.0 Å².